The van der Waals surface area contributed by atoms with Crippen LogP contribution in [-0.4, -0.2) is 6.04 Å². The van der Waals surface area contributed by atoms with Crippen molar-refractivity contribution in [1.29, 1.82) is 0 Å². The molecule has 1 rings (SSSR count). The highest BCUT2D eigenvalue weighted by Gasteiger charge is 2.24. The highest BCUT2D eigenvalue weighted by molar-refractivity contribution is 5.01. The number of furan rings is 1. The maximum absolute atomic E-state index is 5.48. The fourth-order valence-electron chi connectivity index (χ4n) is 1.25. The van der Waals surface area contributed by atoms with Crippen LogP contribution in [0.2, 0.25) is 0 Å². The molecule has 0 aliphatic heterocycles. The van der Waals surface area contributed by atoms with Gasteiger partial charge in [-0.1, -0.05) is 20.8 Å². The summed E-state index contributed by atoms with van der Waals surface area (Å²) in [6.45, 7) is 6.46. The first-order valence-electron chi connectivity index (χ1n) is 4.52. The topological polar surface area (TPSA) is 51.2 Å². The Morgan fingerprint density at radius 1 is 1.54 bits per heavy atom. The molecule has 0 bridgehead atoms. The molecule has 1 unspecified atom stereocenters. The summed E-state index contributed by atoms with van der Waals surface area (Å²) in [6.07, 6.45) is 2.51. The summed E-state index contributed by atoms with van der Waals surface area (Å²) in [6, 6.07) is 4.10. The Kier molecular flexibility index (Phi) is 3.12. The summed E-state index contributed by atoms with van der Waals surface area (Å²) >= 11 is 0. The van der Waals surface area contributed by atoms with E-state index in [-0.39, 0.29) is 11.5 Å². The van der Waals surface area contributed by atoms with Gasteiger partial charge in [-0.2, -0.15) is 0 Å². The minimum atomic E-state index is 0.140. The molecule has 0 radical (unpaired) electrons. The lowest BCUT2D eigenvalue weighted by Crippen LogP contribution is -2.45. The van der Waals surface area contributed by atoms with Gasteiger partial charge in [0.15, 0.2) is 0 Å². The van der Waals surface area contributed by atoms with Gasteiger partial charge in [-0.05, 0) is 17.5 Å². The van der Waals surface area contributed by atoms with Crippen molar-refractivity contribution in [2.75, 3.05) is 0 Å². The summed E-state index contributed by atoms with van der Waals surface area (Å²) in [5, 5.41) is 0. The van der Waals surface area contributed by atoms with Gasteiger partial charge < -0.3 is 4.42 Å². The number of hydrazine groups is 1. The summed E-state index contributed by atoms with van der Waals surface area (Å²) in [5.74, 6) is 6.45. The minimum Gasteiger partial charge on any atom is -0.469 e. The Bertz CT molecular complexity index is 236. The minimum absolute atomic E-state index is 0.140. The van der Waals surface area contributed by atoms with E-state index in [9.17, 15) is 0 Å². The number of nitrogens with one attached hydrogen (secondary N) is 1. The Balaban J connectivity index is 2.60. The van der Waals surface area contributed by atoms with Gasteiger partial charge in [0.2, 0.25) is 0 Å². The van der Waals surface area contributed by atoms with Gasteiger partial charge in [-0.15, -0.1) is 0 Å². The molecule has 0 aliphatic rings. The molecule has 1 atom stereocenters. The summed E-state index contributed by atoms with van der Waals surface area (Å²) in [5.41, 5.74) is 2.96. The molecule has 3 N–H and O–H groups in total. The van der Waals surface area contributed by atoms with Gasteiger partial charge in [0, 0.05) is 12.5 Å². The van der Waals surface area contributed by atoms with Crippen molar-refractivity contribution in [2.45, 2.75) is 33.2 Å². The van der Waals surface area contributed by atoms with Crippen LogP contribution in [0.1, 0.15) is 26.5 Å². The van der Waals surface area contributed by atoms with Crippen molar-refractivity contribution in [3.8, 4) is 0 Å². The highest BCUT2D eigenvalue weighted by atomic mass is 16.3. The predicted molar refractivity (Wildman–Crippen MR) is 53.0 cm³/mol. The third-order valence-electron chi connectivity index (χ3n) is 2.23. The largest absolute Gasteiger partial charge is 0.469 e. The molecular weight excluding hydrogens is 164 g/mol. The molecular formula is C10H18N2O. The normalized spacial score (nSPS) is 14.5. The van der Waals surface area contributed by atoms with E-state index < -0.39 is 0 Å². The standard InChI is InChI=1S/C10H18N2O/c1-10(2,3)9(12-11)7-8-5-4-6-13-8/h4-6,9,12H,7,11H2,1-3H3. The van der Waals surface area contributed by atoms with Crippen LogP contribution in [0.5, 0.6) is 0 Å². The Hall–Kier alpha value is -0.800. The van der Waals surface area contributed by atoms with E-state index in [1.165, 1.54) is 0 Å². The molecule has 0 spiro atoms. The molecule has 0 aliphatic carbocycles. The van der Waals surface area contributed by atoms with Crippen molar-refractivity contribution in [3.05, 3.63) is 24.2 Å². The zero-order valence-electron chi connectivity index (χ0n) is 8.50. The van der Waals surface area contributed by atoms with Crippen molar-refractivity contribution < 1.29 is 4.42 Å². The van der Waals surface area contributed by atoms with E-state index >= 15 is 0 Å². The van der Waals surface area contributed by atoms with Gasteiger partial charge >= 0.3 is 0 Å². The third kappa shape index (κ3) is 2.86. The van der Waals surface area contributed by atoms with Crippen molar-refractivity contribution in [1.82, 2.24) is 5.43 Å². The number of hydrogen-bond acceptors (Lipinski definition) is 3. The molecule has 3 nitrogen and oxygen atoms in total. The fourth-order valence-corrected chi connectivity index (χ4v) is 1.25. The maximum atomic E-state index is 5.48. The average Bonchev–Trinajstić information content (AvgIpc) is 2.49. The Labute approximate surface area is 79.3 Å². The van der Waals surface area contributed by atoms with Crippen LogP contribution in [-0.2, 0) is 6.42 Å². The monoisotopic (exact) mass is 182 g/mol. The first kappa shape index (κ1) is 10.3. The van der Waals surface area contributed by atoms with Crippen LogP contribution in [0.15, 0.2) is 22.8 Å². The molecule has 1 aromatic rings. The van der Waals surface area contributed by atoms with Crippen LogP contribution in [0, 0.1) is 5.41 Å². The molecule has 0 saturated heterocycles. The Morgan fingerprint density at radius 3 is 2.62 bits per heavy atom. The van der Waals surface area contributed by atoms with Crippen molar-refractivity contribution >= 4 is 0 Å². The second-order valence-electron chi connectivity index (χ2n) is 4.37. The second-order valence-corrected chi connectivity index (χ2v) is 4.37. The molecule has 74 valence electrons. The van der Waals surface area contributed by atoms with E-state index in [4.69, 9.17) is 10.3 Å². The van der Waals surface area contributed by atoms with Crippen LogP contribution in [0.3, 0.4) is 0 Å². The molecule has 13 heavy (non-hydrogen) atoms. The molecule has 3 heteroatoms. The fraction of sp³-hybridized carbons (Fsp3) is 0.600. The van der Waals surface area contributed by atoms with Gasteiger partial charge in [0.25, 0.3) is 0 Å². The average molecular weight is 182 g/mol. The maximum Gasteiger partial charge on any atom is 0.105 e. The van der Waals surface area contributed by atoms with E-state index in [1.807, 2.05) is 12.1 Å². The zero-order valence-corrected chi connectivity index (χ0v) is 8.50. The molecule has 1 aromatic heterocycles. The van der Waals surface area contributed by atoms with Crippen molar-refractivity contribution in [3.63, 3.8) is 0 Å². The quantitative estimate of drug-likeness (QED) is 0.552. The molecule has 0 amide bonds. The smallest absolute Gasteiger partial charge is 0.105 e. The summed E-state index contributed by atoms with van der Waals surface area (Å²) < 4.78 is 5.27. The summed E-state index contributed by atoms with van der Waals surface area (Å²) in [7, 11) is 0. The van der Waals surface area contributed by atoms with Gasteiger partial charge in [0.05, 0.1) is 6.26 Å². The summed E-state index contributed by atoms with van der Waals surface area (Å²) in [4.78, 5) is 0. The van der Waals surface area contributed by atoms with Crippen LogP contribution in [0.4, 0.5) is 0 Å². The molecule has 0 saturated carbocycles. The van der Waals surface area contributed by atoms with E-state index in [0.717, 1.165) is 12.2 Å². The number of nitrogens with two attached hydrogens (primary N) is 1. The van der Waals surface area contributed by atoms with Crippen molar-refractivity contribution in [2.24, 2.45) is 11.3 Å². The zero-order chi connectivity index (χ0) is 9.90. The SMILES string of the molecule is CC(C)(C)C(Cc1ccco1)NN. The van der Waals surface area contributed by atoms with Crippen LogP contribution in [0.25, 0.3) is 0 Å². The van der Waals surface area contributed by atoms with Gasteiger partial charge in [-0.3, -0.25) is 11.3 Å². The molecule has 1 heterocycles. The molecule has 0 aromatic carbocycles. The Morgan fingerprint density at radius 2 is 2.23 bits per heavy atom. The first-order chi connectivity index (χ1) is 6.04. The first-order valence-corrected chi connectivity index (χ1v) is 4.52. The van der Waals surface area contributed by atoms with Crippen LogP contribution >= 0.6 is 0 Å². The second kappa shape index (κ2) is 3.94. The van der Waals surface area contributed by atoms with Gasteiger partial charge in [-0.25, -0.2) is 0 Å². The van der Waals surface area contributed by atoms with E-state index in [1.54, 1.807) is 6.26 Å². The van der Waals surface area contributed by atoms with Gasteiger partial charge in [0.1, 0.15) is 5.76 Å². The highest BCUT2D eigenvalue weighted by Crippen LogP contribution is 2.21. The number of hydrogen-bond donors (Lipinski definition) is 2. The molecule has 0 fully saturated rings. The van der Waals surface area contributed by atoms with E-state index in [2.05, 4.69) is 26.2 Å². The third-order valence-corrected chi connectivity index (χ3v) is 2.23. The van der Waals surface area contributed by atoms with Crippen LogP contribution < -0.4 is 11.3 Å². The number of rotatable bonds is 3. The van der Waals surface area contributed by atoms with E-state index in [0.29, 0.717) is 0 Å². The lowest BCUT2D eigenvalue weighted by Gasteiger charge is -2.29. The predicted octanol–water partition coefficient (Wildman–Crippen LogP) is 1.70. The lowest BCUT2D eigenvalue weighted by molar-refractivity contribution is 0.257. The lowest BCUT2D eigenvalue weighted by atomic mass is 9.85.